The Morgan fingerprint density at radius 3 is 2.42 bits per heavy atom. The van der Waals surface area contributed by atoms with Gasteiger partial charge in [0.2, 0.25) is 5.91 Å². The number of hydrogen-bond acceptors (Lipinski definition) is 5. The van der Waals surface area contributed by atoms with Gasteiger partial charge in [0.15, 0.2) is 0 Å². The highest BCUT2D eigenvalue weighted by Crippen LogP contribution is 2.20. The largest absolute Gasteiger partial charge is 0.480 e. The highest BCUT2D eigenvalue weighted by atomic mass is 16.6. The van der Waals surface area contributed by atoms with Crippen molar-refractivity contribution in [3.63, 3.8) is 0 Å². The molecule has 0 saturated carbocycles. The standard InChI is InChI=1S/C17H21N3O6/c1-12(21)19(11-16(22)23)14-3-2-9-18(10-8-14)17(24)13-4-6-15(7-5-13)20(25)26/h4-7,14H,2-3,8-11H2,1H3,(H,22,23). The van der Waals surface area contributed by atoms with Crippen molar-refractivity contribution >= 4 is 23.5 Å². The zero-order chi connectivity index (χ0) is 19.3. The Morgan fingerprint density at radius 1 is 1.23 bits per heavy atom. The first-order chi connectivity index (χ1) is 12.3. The molecule has 0 bridgehead atoms. The van der Waals surface area contributed by atoms with Crippen molar-refractivity contribution in [2.75, 3.05) is 19.6 Å². The van der Waals surface area contributed by atoms with Gasteiger partial charge in [-0.15, -0.1) is 0 Å². The summed E-state index contributed by atoms with van der Waals surface area (Å²) in [6.07, 6.45) is 1.76. The van der Waals surface area contributed by atoms with E-state index in [9.17, 15) is 24.5 Å². The molecule has 1 aliphatic rings. The lowest BCUT2D eigenvalue weighted by molar-refractivity contribution is -0.384. The Labute approximate surface area is 150 Å². The minimum Gasteiger partial charge on any atom is -0.480 e. The molecule has 1 aliphatic heterocycles. The summed E-state index contributed by atoms with van der Waals surface area (Å²) in [5.74, 6) is -1.59. The molecule has 1 aromatic carbocycles. The summed E-state index contributed by atoms with van der Waals surface area (Å²) in [6.45, 7) is 1.87. The van der Waals surface area contributed by atoms with Crippen LogP contribution in [0.15, 0.2) is 24.3 Å². The van der Waals surface area contributed by atoms with Crippen molar-refractivity contribution < 1.29 is 24.4 Å². The van der Waals surface area contributed by atoms with Gasteiger partial charge in [-0.25, -0.2) is 0 Å². The lowest BCUT2D eigenvalue weighted by Crippen LogP contribution is -2.43. The van der Waals surface area contributed by atoms with Gasteiger partial charge in [-0.3, -0.25) is 24.5 Å². The fourth-order valence-corrected chi connectivity index (χ4v) is 3.15. The second-order valence-electron chi connectivity index (χ2n) is 6.22. The number of aliphatic carboxylic acids is 1. The Kier molecular flexibility index (Phi) is 6.26. The van der Waals surface area contributed by atoms with E-state index in [1.807, 2.05) is 0 Å². The highest BCUT2D eigenvalue weighted by molar-refractivity contribution is 5.94. The summed E-state index contributed by atoms with van der Waals surface area (Å²) < 4.78 is 0. The van der Waals surface area contributed by atoms with Crippen LogP contribution in [0.2, 0.25) is 0 Å². The second-order valence-corrected chi connectivity index (χ2v) is 6.22. The van der Waals surface area contributed by atoms with Gasteiger partial charge in [-0.2, -0.15) is 0 Å². The summed E-state index contributed by atoms with van der Waals surface area (Å²) in [6, 6.07) is 5.21. The first-order valence-electron chi connectivity index (χ1n) is 8.32. The minimum atomic E-state index is -1.07. The number of nitro groups is 1. The van der Waals surface area contributed by atoms with Gasteiger partial charge in [0.05, 0.1) is 4.92 Å². The van der Waals surface area contributed by atoms with Gasteiger partial charge < -0.3 is 14.9 Å². The summed E-state index contributed by atoms with van der Waals surface area (Å²) in [5, 5.41) is 19.7. The van der Waals surface area contributed by atoms with Crippen LogP contribution in [0.25, 0.3) is 0 Å². The summed E-state index contributed by atoms with van der Waals surface area (Å²) in [4.78, 5) is 48.5. The fourth-order valence-electron chi connectivity index (χ4n) is 3.15. The van der Waals surface area contributed by atoms with E-state index in [4.69, 9.17) is 5.11 Å². The molecule has 2 amide bonds. The third-order valence-corrected chi connectivity index (χ3v) is 4.46. The van der Waals surface area contributed by atoms with Crippen LogP contribution in [0.4, 0.5) is 5.69 Å². The predicted octanol–water partition coefficient (Wildman–Crippen LogP) is 1.52. The third kappa shape index (κ3) is 4.78. The molecule has 1 heterocycles. The van der Waals surface area contributed by atoms with Gasteiger partial charge in [0.25, 0.3) is 11.6 Å². The molecule has 0 aromatic heterocycles. The molecule has 140 valence electrons. The van der Waals surface area contributed by atoms with Crippen molar-refractivity contribution in [3.8, 4) is 0 Å². The van der Waals surface area contributed by atoms with Crippen molar-refractivity contribution in [2.24, 2.45) is 0 Å². The molecule has 1 atom stereocenters. The molecule has 1 saturated heterocycles. The normalized spacial score (nSPS) is 17.3. The van der Waals surface area contributed by atoms with Gasteiger partial charge in [-0.1, -0.05) is 0 Å². The maximum atomic E-state index is 12.6. The number of rotatable bonds is 5. The molecule has 1 N–H and O–H groups in total. The van der Waals surface area contributed by atoms with Crippen LogP contribution < -0.4 is 0 Å². The predicted molar refractivity (Wildman–Crippen MR) is 91.7 cm³/mol. The number of carboxylic acids is 1. The lowest BCUT2D eigenvalue weighted by Gasteiger charge is -2.28. The average Bonchev–Trinajstić information content (AvgIpc) is 2.84. The number of carbonyl (C=O) groups is 3. The molecule has 1 unspecified atom stereocenters. The Balaban J connectivity index is 2.04. The van der Waals surface area contributed by atoms with Gasteiger partial charge >= 0.3 is 5.97 Å². The van der Waals surface area contributed by atoms with E-state index >= 15 is 0 Å². The van der Waals surface area contributed by atoms with Gasteiger partial charge in [0, 0.05) is 43.8 Å². The first-order valence-corrected chi connectivity index (χ1v) is 8.32. The van der Waals surface area contributed by atoms with E-state index in [0.717, 1.165) is 0 Å². The highest BCUT2D eigenvalue weighted by Gasteiger charge is 2.28. The number of nitro benzene ring substituents is 1. The molecule has 9 nitrogen and oxygen atoms in total. The van der Waals surface area contributed by atoms with Gasteiger partial charge in [0.1, 0.15) is 6.54 Å². The lowest BCUT2D eigenvalue weighted by atomic mass is 10.1. The number of hydrogen-bond donors (Lipinski definition) is 1. The van der Waals surface area contributed by atoms with E-state index in [0.29, 0.717) is 37.9 Å². The molecule has 0 spiro atoms. The first kappa shape index (κ1) is 19.4. The molecule has 1 fully saturated rings. The van der Waals surface area contributed by atoms with Crippen molar-refractivity contribution in [2.45, 2.75) is 32.2 Å². The fraction of sp³-hybridized carbons (Fsp3) is 0.471. The number of non-ortho nitro benzene ring substituents is 1. The molecule has 26 heavy (non-hydrogen) atoms. The Bertz CT molecular complexity index is 703. The third-order valence-electron chi connectivity index (χ3n) is 4.46. The number of likely N-dealkylation sites (tertiary alicyclic amines) is 1. The van der Waals surface area contributed by atoms with Crippen LogP contribution >= 0.6 is 0 Å². The molecule has 2 rings (SSSR count). The van der Waals surface area contributed by atoms with Crippen LogP contribution in [0.5, 0.6) is 0 Å². The van der Waals surface area contributed by atoms with E-state index in [-0.39, 0.29) is 30.1 Å². The number of benzene rings is 1. The smallest absolute Gasteiger partial charge is 0.323 e. The Morgan fingerprint density at radius 2 is 1.88 bits per heavy atom. The molecular formula is C17H21N3O6. The van der Waals surface area contributed by atoms with E-state index in [1.54, 1.807) is 4.90 Å². The number of carbonyl (C=O) groups excluding carboxylic acids is 2. The number of carboxylic acid groups (broad SMARTS) is 1. The summed E-state index contributed by atoms with van der Waals surface area (Å²) in [7, 11) is 0. The zero-order valence-electron chi connectivity index (χ0n) is 14.5. The molecular weight excluding hydrogens is 342 g/mol. The van der Waals surface area contributed by atoms with Crippen LogP contribution in [0.1, 0.15) is 36.5 Å². The monoisotopic (exact) mass is 363 g/mol. The van der Waals surface area contributed by atoms with Crippen molar-refractivity contribution in [1.82, 2.24) is 9.80 Å². The van der Waals surface area contributed by atoms with E-state index in [2.05, 4.69) is 0 Å². The van der Waals surface area contributed by atoms with E-state index < -0.39 is 10.9 Å². The molecule has 0 aliphatic carbocycles. The SMILES string of the molecule is CC(=O)N(CC(=O)O)C1CCCN(C(=O)c2ccc([N+](=O)[O-])cc2)CC1. The van der Waals surface area contributed by atoms with Crippen LogP contribution in [0.3, 0.4) is 0 Å². The van der Waals surface area contributed by atoms with E-state index in [1.165, 1.54) is 36.1 Å². The maximum Gasteiger partial charge on any atom is 0.323 e. The maximum absolute atomic E-state index is 12.6. The summed E-state index contributed by atoms with van der Waals surface area (Å²) in [5.41, 5.74) is 0.284. The molecule has 1 aromatic rings. The van der Waals surface area contributed by atoms with Crippen LogP contribution in [-0.2, 0) is 9.59 Å². The minimum absolute atomic E-state index is 0.0803. The molecule has 9 heteroatoms. The van der Waals surface area contributed by atoms with Gasteiger partial charge in [-0.05, 0) is 31.4 Å². The quantitative estimate of drug-likeness (QED) is 0.625. The number of amides is 2. The van der Waals surface area contributed by atoms with Crippen molar-refractivity contribution in [3.05, 3.63) is 39.9 Å². The number of nitrogens with zero attached hydrogens (tertiary/aromatic N) is 3. The van der Waals surface area contributed by atoms with Crippen LogP contribution in [0, 0.1) is 10.1 Å². The Hall–Kier alpha value is -2.97. The van der Waals surface area contributed by atoms with Crippen LogP contribution in [-0.4, -0.2) is 63.3 Å². The van der Waals surface area contributed by atoms with Crippen molar-refractivity contribution in [1.29, 1.82) is 0 Å². The zero-order valence-corrected chi connectivity index (χ0v) is 14.5. The second kappa shape index (κ2) is 8.41. The summed E-state index contributed by atoms with van der Waals surface area (Å²) >= 11 is 0. The average molecular weight is 363 g/mol. The topological polar surface area (TPSA) is 121 Å². The molecule has 0 radical (unpaired) electrons.